The highest BCUT2D eigenvalue weighted by Gasteiger charge is 2.12. The monoisotopic (exact) mass is 313 g/mol. The lowest BCUT2D eigenvalue weighted by atomic mass is 10.1. The lowest BCUT2D eigenvalue weighted by molar-refractivity contribution is 0.191. The molecular weight excluding hydrogens is 297 g/mol. The molecule has 0 spiro atoms. The van der Waals surface area contributed by atoms with Gasteiger partial charge in [-0.3, -0.25) is 0 Å². The second-order valence-electron chi connectivity index (χ2n) is 5.03. The standard InChI is InChI=1S/C17H16FN3O2/c1-23-16-7-12-14(8-13(16)18)20-10-21-17(12)19-9-15(22)11-5-3-2-4-6-11/h2-8,10,15,22H,9H2,1H3,(H,19,20,21). The van der Waals surface area contributed by atoms with Crippen molar-refractivity contribution in [1.82, 2.24) is 9.97 Å². The van der Waals surface area contributed by atoms with E-state index in [4.69, 9.17) is 4.74 Å². The minimum absolute atomic E-state index is 0.124. The van der Waals surface area contributed by atoms with Gasteiger partial charge in [-0.2, -0.15) is 0 Å². The molecule has 3 aromatic rings. The van der Waals surface area contributed by atoms with Crippen LogP contribution in [0.5, 0.6) is 5.75 Å². The zero-order valence-corrected chi connectivity index (χ0v) is 12.5. The van der Waals surface area contributed by atoms with E-state index in [2.05, 4.69) is 15.3 Å². The fraction of sp³-hybridized carbons (Fsp3) is 0.176. The predicted octanol–water partition coefficient (Wildman–Crippen LogP) is 2.92. The zero-order valence-electron chi connectivity index (χ0n) is 12.5. The number of hydrogen-bond donors (Lipinski definition) is 2. The Morgan fingerprint density at radius 1 is 1.22 bits per heavy atom. The fourth-order valence-corrected chi connectivity index (χ4v) is 2.34. The number of aromatic nitrogens is 2. The number of rotatable bonds is 5. The molecule has 0 amide bonds. The van der Waals surface area contributed by atoms with Crippen LogP contribution in [0.3, 0.4) is 0 Å². The van der Waals surface area contributed by atoms with E-state index in [1.807, 2.05) is 30.3 Å². The molecular formula is C17H16FN3O2. The van der Waals surface area contributed by atoms with E-state index < -0.39 is 11.9 Å². The highest BCUT2D eigenvalue weighted by molar-refractivity contribution is 5.90. The number of benzene rings is 2. The Morgan fingerprint density at radius 2 is 2.00 bits per heavy atom. The van der Waals surface area contributed by atoms with Crippen molar-refractivity contribution in [2.75, 3.05) is 19.0 Å². The second-order valence-corrected chi connectivity index (χ2v) is 5.03. The van der Waals surface area contributed by atoms with Gasteiger partial charge in [-0.25, -0.2) is 14.4 Å². The van der Waals surface area contributed by atoms with E-state index in [0.717, 1.165) is 5.56 Å². The number of fused-ring (bicyclic) bond motifs is 1. The SMILES string of the molecule is COc1cc2c(NCC(O)c3ccccc3)ncnc2cc1F. The van der Waals surface area contributed by atoms with Crippen molar-refractivity contribution in [3.05, 3.63) is 60.2 Å². The van der Waals surface area contributed by atoms with Crippen LogP contribution in [-0.4, -0.2) is 28.7 Å². The van der Waals surface area contributed by atoms with Crippen molar-refractivity contribution in [1.29, 1.82) is 0 Å². The molecule has 1 unspecified atom stereocenters. The molecule has 2 N–H and O–H groups in total. The Bertz CT molecular complexity index is 812. The molecule has 0 bridgehead atoms. The second kappa shape index (κ2) is 6.58. The number of aliphatic hydroxyl groups excluding tert-OH is 1. The highest BCUT2D eigenvalue weighted by atomic mass is 19.1. The molecule has 3 rings (SSSR count). The Morgan fingerprint density at radius 3 is 2.74 bits per heavy atom. The van der Waals surface area contributed by atoms with E-state index in [0.29, 0.717) is 16.7 Å². The molecule has 1 heterocycles. The molecule has 0 saturated carbocycles. The molecule has 1 atom stereocenters. The number of anilines is 1. The van der Waals surface area contributed by atoms with Gasteiger partial charge in [0.25, 0.3) is 0 Å². The van der Waals surface area contributed by atoms with E-state index in [9.17, 15) is 9.50 Å². The third-order valence-corrected chi connectivity index (χ3v) is 3.56. The van der Waals surface area contributed by atoms with Crippen LogP contribution in [0.4, 0.5) is 10.2 Å². The Labute approximate surface area is 132 Å². The molecule has 23 heavy (non-hydrogen) atoms. The number of methoxy groups -OCH3 is 1. The van der Waals surface area contributed by atoms with Crippen molar-refractivity contribution in [3.63, 3.8) is 0 Å². The van der Waals surface area contributed by atoms with Gasteiger partial charge in [-0.15, -0.1) is 0 Å². The fourth-order valence-electron chi connectivity index (χ4n) is 2.34. The average Bonchev–Trinajstić information content (AvgIpc) is 2.59. The first-order chi connectivity index (χ1) is 11.2. The van der Waals surface area contributed by atoms with Gasteiger partial charge in [0, 0.05) is 18.0 Å². The lowest BCUT2D eigenvalue weighted by Gasteiger charge is -2.14. The summed E-state index contributed by atoms with van der Waals surface area (Å²) in [4.78, 5) is 8.22. The summed E-state index contributed by atoms with van der Waals surface area (Å²) >= 11 is 0. The van der Waals surface area contributed by atoms with Crippen LogP contribution < -0.4 is 10.1 Å². The first kappa shape index (κ1) is 15.2. The van der Waals surface area contributed by atoms with Gasteiger partial charge in [0.2, 0.25) is 0 Å². The van der Waals surface area contributed by atoms with Gasteiger partial charge in [0.05, 0.1) is 18.7 Å². The van der Waals surface area contributed by atoms with Crippen molar-refractivity contribution in [2.45, 2.75) is 6.10 Å². The zero-order chi connectivity index (χ0) is 16.2. The third-order valence-electron chi connectivity index (χ3n) is 3.56. The Balaban J connectivity index is 1.85. The summed E-state index contributed by atoms with van der Waals surface area (Å²) in [6.45, 7) is 0.274. The van der Waals surface area contributed by atoms with E-state index in [1.54, 1.807) is 6.07 Å². The first-order valence-electron chi connectivity index (χ1n) is 7.14. The average molecular weight is 313 g/mol. The van der Waals surface area contributed by atoms with Gasteiger partial charge in [-0.05, 0) is 11.6 Å². The summed E-state index contributed by atoms with van der Waals surface area (Å²) in [6.07, 6.45) is 0.675. The van der Waals surface area contributed by atoms with Gasteiger partial charge in [0.15, 0.2) is 11.6 Å². The van der Waals surface area contributed by atoms with Crippen LogP contribution in [-0.2, 0) is 0 Å². The van der Waals surface area contributed by atoms with Gasteiger partial charge >= 0.3 is 0 Å². The molecule has 0 fully saturated rings. The lowest BCUT2D eigenvalue weighted by Crippen LogP contribution is -2.13. The van der Waals surface area contributed by atoms with Crippen molar-refractivity contribution in [2.24, 2.45) is 0 Å². The van der Waals surface area contributed by atoms with Gasteiger partial charge in [-0.1, -0.05) is 30.3 Å². The topological polar surface area (TPSA) is 67.3 Å². The number of nitrogens with one attached hydrogen (secondary N) is 1. The van der Waals surface area contributed by atoms with Crippen molar-refractivity contribution in [3.8, 4) is 5.75 Å². The quantitative estimate of drug-likeness (QED) is 0.758. The maximum atomic E-state index is 13.7. The summed E-state index contributed by atoms with van der Waals surface area (Å²) in [6, 6.07) is 12.2. The molecule has 118 valence electrons. The van der Waals surface area contributed by atoms with E-state index in [1.165, 1.54) is 19.5 Å². The number of aliphatic hydroxyl groups is 1. The molecule has 0 saturated heterocycles. The van der Waals surface area contributed by atoms with Crippen LogP contribution in [0.25, 0.3) is 10.9 Å². The smallest absolute Gasteiger partial charge is 0.167 e. The van der Waals surface area contributed by atoms with Crippen LogP contribution in [0, 0.1) is 5.82 Å². The highest BCUT2D eigenvalue weighted by Crippen LogP contribution is 2.27. The Kier molecular flexibility index (Phi) is 4.34. The van der Waals surface area contributed by atoms with Crippen LogP contribution in [0.1, 0.15) is 11.7 Å². The van der Waals surface area contributed by atoms with Gasteiger partial charge < -0.3 is 15.2 Å². The molecule has 0 radical (unpaired) electrons. The van der Waals surface area contributed by atoms with Gasteiger partial charge in [0.1, 0.15) is 12.1 Å². The van der Waals surface area contributed by atoms with Crippen LogP contribution >= 0.6 is 0 Å². The van der Waals surface area contributed by atoms with Crippen LogP contribution in [0.15, 0.2) is 48.8 Å². The maximum absolute atomic E-state index is 13.7. The first-order valence-corrected chi connectivity index (χ1v) is 7.14. The van der Waals surface area contributed by atoms with E-state index >= 15 is 0 Å². The largest absolute Gasteiger partial charge is 0.494 e. The third kappa shape index (κ3) is 3.22. The minimum atomic E-state index is -0.677. The molecule has 0 aliphatic rings. The summed E-state index contributed by atoms with van der Waals surface area (Å²) < 4.78 is 18.7. The molecule has 0 aliphatic carbocycles. The van der Waals surface area contributed by atoms with Crippen LogP contribution in [0.2, 0.25) is 0 Å². The molecule has 6 heteroatoms. The summed E-state index contributed by atoms with van der Waals surface area (Å²) in [7, 11) is 1.40. The number of halogens is 1. The van der Waals surface area contributed by atoms with E-state index in [-0.39, 0.29) is 12.3 Å². The number of nitrogens with zero attached hydrogens (tertiary/aromatic N) is 2. The summed E-state index contributed by atoms with van der Waals surface area (Å²) in [5.41, 5.74) is 1.27. The predicted molar refractivity (Wildman–Crippen MR) is 85.9 cm³/mol. The normalized spacial score (nSPS) is 12.1. The number of ether oxygens (including phenoxy) is 1. The molecule has 1 aromatic heterocycles. The summed E-state index contributed by atoms with van der Waals surface area (Å²) in [5.74, 6) is 0.163. The Hall–Kier alpha value is -2.73. The summed E-state index contributed by atoms with van der Waals surface area (Å²) in [5, 5.41) is 13.9. The minimum Gasteiger partial charge on any atom is -0.494 e. The van der Waals surface area contributed by atoms with Crippen molar-refractivity contribution < 1.29 is 14.2 Å². The van der Waals surface area contributed by atoms with Crippen molar-refractivity contribution >= 4 is 16.7 Å². The molecule has 5 nitrogen and oxygen atoms in total. The maximum Gasteiger partial charge on any atom is 0.167 e. The number of hydrogen-bond acceptors (Lipinski definition) is 5. The molecule has 2 aromatic carbocycles. The molecule has 0 aliphatic heterocycles.